The molecule has 14 heavy (non-hydrogen) atoms. The molecule has 0 spiro atoms. The van der Waals surface area contributed by atoms with E-state index in [-0.39, 0.29) is 13.2 Å². The third-order valence-electron chi connectivity index (χ3n) is 1.66. The number of nitrogens with zero attached hydrogens (tertiary/aromatic N) is 3. The highest BCUT2D eigenvalue weighted by molar-refractivity contribution is 5.32. The van der Waals surface area contributed by atoms with Gasteiger partial charge in [-0.05, 0) is 11.6 Å². The maximum Gasteiger partial charge on any atom is 0.124 e. The van der Waals surface area contributed by atoms with Gasteiger partial charge >= 0.3 is 0 Å². The van der Waals surface area contributed by atoms with Gasteiger partial charge in [0.25, 0.3) is 0 Å². The highest BCUT2D eigenvalue weighted by atomic mass is 16.5. The average Bonchev–Trinajstić information content (AvgIpc) is 2.25. The molecule has 0 bridgehead atoms. The Kier molecular flexibility index (Phi) is 4.34. The van der Waals surface area contributed by atoms with E-state index in [1.54, 1.807) is 12.1 Å². The first-order valence-electron chi connectivity index (χ1n) is 4.21. The molecule has 74 valence electrons. The van der Waals surface area contributed by atoms with Gasteiger partial charge < -0.3 is 9.84 Å². The molecule has 5 nitrogen and oxygen atoms in total. The predicted molar refractivity (Wildman–Crippen MR) is 51.9 cm³/mol. The molecule has 0 radical (unpaired) electrons. The van der Waals surface area contributed by atoms with Crippen molar-refractivity contribution in [2.45, 2.75) is 6.61 Å². The molecule has 1 rings (SSSR count). The molecule has 1 aromatic rings. The molecule has 1 aromatic carbocycles. The van der Waals surface area contributed by atoms with Gasteiger partial charge in [0.15, 0.2) is 0 Å². The molecule has 0 saturated heterocycles. The summed E-state index contributed by atoms with van der Waals surface area (Å²) in [7, 11) is 0. The van der Waals surface area contributed by atoms with Crippen molar-refractivity contribution in [1.29, 1.82) is 0 Å². The molecule has 0 heterocycles. The summed E-state index contributed by atoms with van der Waals surface area (Å²) in [6.07, 6.45) is 0. The summed E-state index contributed by atoms with van der Waals surface area (Å²) in [4.78, 5) is 2.61. The van der Waals surface area contributed by atoms with Crippen molar-refractivity contribution in [2.24, 2.45) is 5.11 Å². The highest BCUT2D eigenvalue weighted by Gasteiger charge is 1.99. The number of azide groups is 1. The summed E-state index contributed by atoms with van der Waals surface area (Å²) in [5.41, 5.74) is 8.76. The summed E-state index contributed by atoms with van der Waals surface area (Å²) >= 11 is 0. The Hall–Kier alpha value is -1.71. The zero-order valence-corrected chi connectivity index (χ0v) is 7.63. The second kappa shape index (κ2) is 5.85. The third-order valence-corrected chi connectivity index (χ3v) is 1.66. The third kappa shape index (κ3) is 2.97. The minimum Gasteiger partial charge on any atom is -0.493 e. The van der Waals surface area contributed by atoms with Gasteiger partial charge in [0.2, 0.25) is 0 Å². The average molecular weight is 193 g/mol. The summed E-state index contributed by atoms with van der Waals surface area (Å²) in [6, 6.07) is 7.19. The number of aliphatic hydroxyl groups is 1. The van der Waals surface area contributed by atoms with Crippen molar-refractivity contribution in [3.8, 4) is 5.75 Å². The molecule has 0 atom stereocenters. The minimum absolute atomic E-state index is 0.0578. The van der Waals surface area contributed by atoms with E-state index in [2.05, 4.69) is 10.0 Å². The fourth-order valence-corrected chi connectivity index (χ4v) is 1.02. The Morgan fingerprint density at radius 2 is 2.21 bits per heavy atom. The molecule has 0 fully saturated rings. The number of para-hydroxylation sites is 1. The van der Waals surface area contributed by atoms with Crippen molar-refractivity contribution in [3.05, 3.63) is 40.3 Å². The van der Waals surface area contributed by atoms with E-state index in [1.165, 1.54) is 0 Å². The molecular weight excluding hydrogens is 182 g/mol. The van der Waals surface area contributed by atoms with Crippen molar-refractivity contribution in [3.63, 3.8) is 0 Å². The van der Waals surface area contributed by atoms with Crippen LogP contribution in [-0.2, 0) is 6.61 Å². The fraction of sp³-hybridized carbons (Fsp3) is 0.333. The van der Waals surface area contributed by atoms with Crippen LogP contribution in [0.15, 0.2) is 29.4 Å². The number of hydrogen-bond acceptors (Lipinski definition) is 3. The summed E-state index contributed by atoms with van der Waals surface area (Å²) < 4.78 is 5.31. The zero-order chi connectivity index (χ0) is 10.2. The van der Waals surface area contributed by atoms with E-state index in [0.717, 1.165) is 5.56 Å². The van der Waals surface area contributed by atoms with E-state index in [4.69, 9.17) is 15.4 Å². The van der Waals surface area contributed by atoms with Crippen LogP contribution in [-0.4, -0.2) is 18.3 Å². The number of aliphatic hydroxyl groups excluding tert-OH is 1. The van der Waals surface area contributed by atoms with Gasteiger partial charge in [-0.3, -0.25) is 0 Å². The summed E-state index contributed by atoms with van der Waals surface area (Å²) in [5.74, 6) is 0.628. The first-order valence-corrected chi connectivity index (χ1v) is 4.21. The summed E-state index contributed by atoms with van der Waals surface area (Å²) in [6.45, 7) is 0.551. The first kappa shape index (κ1) is 10.4. The number of benzene rings is 1. The van der Waals surface area contributed by atoms with Crippen molar-refractivity contribution >= 4 is 0 Å². The van der Waals surface area contributed by atoms with Gasteiger partial charge in [-0.15, -0.1) is 0 Å². The Bertz CT molecular complexity index is 335. The van der Waals surface area contributed by atoms with Gasteiger partial charge in [0.1, 0.15) is 5.75 Å². The van der Waals surface area contributed by atoms with E-state index in [1.807, 2.05) is 12.1 Å². The van der Waals surface area contributed by atoms with E-state index >= 15 is 0 Å². The lowest BCUT2D eigenvalue weighted by molar-refractivity contribution is 0.265. The van der Waals surface area contributed by atoms with Crippen LogP contribution >= 0.6 is 0 Å². The van der Waals surface area contributed by atoms with Gasteiger partial charge in [-0.25, -0.2) is 0 Å². The van der Waals surface area contributed by atoms with Crippen molar-refractivity contribution in [2.75, 3.05) is 13.2 Å². The minimum atomic E-state index is -0.0578. The summed E-state index contributed by atoms with van der Waals surface area (Å²) in [5, 5.41) is 12.3. The lowest BCUT2D eigenvalue weighted by Gasteiger charge is -2.07. The Morgan fingerprint density at radius 3 is 2.93 bits per heavy atom. The Labute approximate surface area is 81.6 Å². The molecule has 0 aromatic heterocycles. The molecule has 0 unspecified atom stereocenters. The molecule has 1 N–H and O–H groups in total. The van der Waals surface area contributed by atoms with Crippen LogP contribution in [0.2, 0.25) is 0 Å². The number of ether oxygens (including phenoxy) is 1. The maximum atomic E-state index is 8.96. The highest BCUT2D eigenvalue weighted by Crippen LogP contribution is 2.17. The van der Waals surface area contributed by atoms with Gasteiger partial charge in [0.05, 0.1) is 19.8 Å². The lowest BCUT2D eigenvalue weighted by atomic mass is 10.2. The second-order valence-corrected chi connectivity index (χ2v) is 2.57. The zero-order valence-electron chi connectivity index (χ0n) is 7.63. The Balaban J connectivity index is 2.52. The monoisotopic (exact) mass is 193 g/mol. The van der Waals surface area contributed by atoms with Crippen LogP contribution in [0.3, 0.4) is 0 Å². The van der Waals surface area contributed by atoms with Crippen molar-refractivity contribution < 1.29 is 9.84 Å². The van der Waals surface area contributed by atoms with Gasteiger partial charge in [-0.1, -0.05) is 23.3 Å². The van der Waals surface area contributed by atoms with E-state index in [9.17, 15) is 0 Å². The largest absolute Gasteiger partial charge is 0.493 e. The standard InChI is InChI=1S/C9H11N3O2/c10-12-11-5-6-14-9-4-2-1-3-8(9)7-13/h1-4,13H,5-7H2. The first-order chi connectivity index (χ1) is 6.88. The lowest BCUT2D eigenvalue weighted by Crippen LogP contribution is -2.02. The molecule has 0 amide bonds. The van der Waals surface area contributed by atoms with Crippen LogP contribution in [0.25, 0.3) is 10.4 Å². The van der Waals surface area contributed by atoms with E-state index in [0.29, 0.717) is 12.4 Å². The Morgan fingerprint density at radius 1 is 1.43 bits per heavy atom. The quantitative estimate of drug-likeness (QED) is 0.335. The fourth-order valence-electron chi connectivity index (χ4n) is 1.02. The molecule has 0 aliphatic rings. The van der Waals surface area contributed by atoms with Crippen LogP contribution in [0.1, 0.15) is 5.56 Å². The van der Waals surface area contributed by atoms with Gasteiger partial charge in [0, 0.05) is 10.5 Å². The smallest absolute Gasteiger partial charge is 0.124 e. The number of hydrogen-bond donors (Lipinski definition) is 1. The molecule has 0 aliphatic heterocycles. The van der Waals surface area contributed by atoms with Crippen LogP contribution in [0.4, 0.5) is 0 Å². The van der Waals surface area contributed by atoms with Gasteiger partial charge in [-0.2, -0.15) is 0 Å². The maximum absolute atomic E-state index is 8.96. The topological polar surface area (TPSA) is 78.2 Å². The second-order valence-electron chi connectivity index (χ2n) is 2.57. The number of rotatable bonds is 5. The van der Waals surface area contributed by atoms with Crippen molar-refractivity contribution in [1.82, 2.24) is 0 Å². The predicted octanol–water partition coefficient (Wildman–Crippen LogP) is 1.87. The molecular formula is C9H11N3O2. The van der Waals surface area contributed by atoms with Crippen LogP contribution in [0, 0.1) is 0 Å². The van der Waals surface area contributed by atoms with Crippen LogP contribution in [0.5, 0.6) is 5.75 Å². The molecule has 5 heteroatoms. The molecule has 0 saturated carbocycles. The van der Waals surface area contributed by atoms with E-state index < -0.39 is 0 Å². The van der Waals surface area contributed by atoms with Crippen LogP contribution < -0.4 is 4.74 Å². The SMILES string of the molecule is [N-]=[N+]=NCCOc1ccccc1CO. The molecule has 0 aliphatic carbocycles. The normalized spacial score (nSPS) is 9.21.